The maximum atomic E-state index is 11.8. The van der Waals surface area contributed by atoms with Gasteiger partial charge in [0.25, 0.3) is 0 Å². The zero-order valence-corrected chi connectivity index (χ0v) is 9.26. The Morgan fingerprint density at radius 3 is 2.76 bits per heavy atom. The van der Waals surface area contributed by atoms with E-state index in [0.29, 0.717) is 0 Å². The lowest BCUT2D eigenvalue weighted by molar-refractivity contribution is 0.253. The Hall–Kier alpha value is -2.03. The van der Waals surface area contributed by atoms with Crippen molar-refractivity contribution < 1.29 is 4.79 Å². The summed E-state index contributed by atoms with van der Waals surface area (Å²) in [5, 5.41) is 2.91. The molecule has 2 atom stereocenters. The molecular weight excluding hydrogens is 212 g/mol. The van der Waals surface area contributed by atoms with Crippen LogP contribution in [-0.2, 0) is 0 Å². The number of hydrogen-bond acceptors (Lipinski definition) is 1. The average molecular weight is 224 g/mol. The maximum Gasteiger partial charge on any atom is 0.329 e. The number of benzene rings is 1. The molecule has 0 bridgehead atoms. The fourth-order valence-corrected chi connectivity index (χ4v) is 2.76. The molecule has 0 radical (unpaired) electrons. The Morgan fingerprint density at radius 2 is 1.94 bits per heavy atom. The summed E-state index contributed by atoms with van der Waals surface area (Å²) < 4.78 is 1.54. The lowest BCUT2D eigenvalue weighted by atomic mass is 9.88. The van der Waals surface area contributed by atoms with Crippen LogP contribution >= 0.6 is 0 Å². The second-order valence-corrected chi connectivity index (χ2v) is 4.81. The molecule has 1 saturated carbocycles. The number of carbonyl (C=O) groups excluding carboxylic acids is 1. The zero-order valence-electron chi connectivity index (χ0n) is 9.26. The monoisotopic (exact) mass is 224 g/mol. The second kappa shape index (κ2) is 3.00. The molecule has 2 unspecified atom stereocenters. The number of anilines is 1. The molecule has 1 heterocycles. The van der Waals surface area contributed by atoms with Gasteiger partial charge in [-0.1, -0.05) is 6.07 Å². The number of fused-ring (bicyclic) bond motifs is 4. The van der Waals surface area contributed by atoms with Crippen LogP contribution in [0, 0.1) is 0 Å². The summed E-state index contributed by atoms with van der Waals surface area (Å²) in [5.41, 5.74) is 3.81. The van der Waals surface area contributed by atoms with Crippen molar-refractivity contribution in [1.82, 2.24) is 4.57 Å². The van der Waals surface area contributed by atoms with Crippen molar-refractivity contribution in [3.8, 4) is 0 Å². The van der Waals surface area contributed by atoms with Gasteiger partial charge in [0.15, 0.2) is 0 Å². The van der Waals surface area contributed by atoms with Crippen LogP contribution in [0.5, 0.6) is 0 Å². The van der Waals surface area contributed by atoms with Gasteiger partial charge in [0.2, 0.25) is 0 Å². The SMILES string of the molecule is O=C(Nc1ccc2c(c1)C1CC21)n1cccc1. The van der Waals surface area contributed by atoms with Crippen LogP contribution in [-0.4, -0.2) is 10.6 Å². The first kappa shape index (κ1) is 9.05. The van der Waals surface area contributed by atoms with E-state index in [1.54, 1.807) is 17.0 Å². The maximum absolute atomic E-state index is 11.8. The minimum absolute atomic E-state index is 0.110. The minimum atomic E-state index is -0.110. The Kier molecular flexibility index (Phi) is 1.60. The molecule has 1 amide bonds. The Bertz CT molecular complexity index is 601. The Morgan fingerprint density at radius 1 is 1.18 bits per heavy atom. The molecule has 2 aliphatic rings. The third kappa shape index (κ3) is 1.25. The molecule has 4 rings (SSSR count). The molecule has 0 spiro atoms. The van der Waals surface area contributed by atoms with E-state index < -0.39 is 0 Å². The predicted molar refractivity (Wildman–Crippen MR) is 65.4 cm³/mol. The van der Waals surface area contributed by atoms with Gasteiger partial charge in [-0.05, 0) is 53.6 Å². The summed E-state index contributed by atoms with van der Waals surface area (Å²) in [5.74, 6) is 1.62. The van der Waals surface area contributed by atoms with Gasteiger partial charge in [-0.25, -0.2) is 4.79 Å². The average Bonchev–Trinajstić information content (AvgIpc) is 2.79. The highest BCUT2D eigenvalue weighted by atomic mass is 16.2. The van der Waals surface area contributed by atoms with Crippen molar-refractivity contribution in [2.45, 2.75) is 18.3 Å². The zero-order chi connectivity index (χ0) is 11.4. The van der Waals surface area contributed by atoms with E-state index in [2.05, 4.69) is 17.4 Å². The Labute approximate surface area is 99.1 Å². The van der Waals surface area contributed by atoms with E-state index in [1.807, 2.05) is 18.2 Å². The van der Waals surface area contributed by atoms with Crippen molar-refractivity contribution in [3.05, 3.63) is 53.9 Å². The molecule has 17 heavy (non-hydrogen) atoms. The first-order valence-corrected chi connectivity index (χ1v) is 5.91. The van der Waals surface area contributed by atoms with Gasteiger partial charge >= 0.3 is 6.03 Å². The summed E-state index contributed by atoms with van der Waals surface area (Å²) in [6.45, 7) is 0. The van der Waals surface area contributed by atoms with Crippen LogP contribution in [0.15, 0.2) is 42.7 Å². The lowest BCUT2D eigenvalue weighted by Gasteiger charge is -2.18. The third-order valence-electron chi connectivity index (χ3n) is 3.77. The number of carbonyl (C=O) groups is 1. The summed E-state index contributed by atoms with van der Waals surface area (Å²) in [4.78, 5) is 11.8. The summed E-state index contributed by atoms with van der Waals surface area (Å²) >= 11 is 0. The van der Waals surface area contributed by atoms with Crippen LogP contribution in [0.1, 0.15) is 29.4 Å². The van der Waals surface area contributed by atoms with Crippen LogP contribution in [0.4, 0.5) is 10.5 Å². The number of nitrogens with zero attached hydrogens (tertiary/aromatic N) is 1. The first-order chi connectivity index (χ1) is 8.33. The number of amides is 1. The minimum Gasteiger partial charge on any atom is -0.307 e. The van der Waals surface area contributed by atoms with Crippen molar-refractivity contribution in [1.29, 1.82) is 0 Å². The van der Waals surface area contributed by atoms with Gasteiger partial charge in [-0.3, -0.25) is 4.57 Å². The topological polar surface area (TPSA) is 34.0 Å². The standard InChI is InChI=1S/C14H12N2O/c17-14(16-5-1-2-6-16)15-9-3-4-10-11(7-9)13-8-12(10)13/h1-7,12-13H,8H2,(H,15,17). The van der Waals surface area contributed by atoms with E-state index in [9.17, 15) is 4.79 Å². The normalized spacial score (nSPS) is 23.3. The molecule has 1 N–H and O–H groups in total. The molecule has 3 heteroatoms. The first-order valence-electron chi connectivity index (χ1n) is 5.91. The molecule has 3 nitrogen and oxygen atoms in total. The Balaban J connectivity index is 1.58. The summed E-state index contributed by atoms with van der Waals surface area (Å²) in [7, 11) is 0. The molecular formula is C14H12N2O. The van der Waals surface area contributed by atoms with E-state index in [1.165, 1.54) is 17.5 Å². The van der Waals surface area contributed by atoms with Gasteiger partial charge in [0, 0.05) is 18.1 Å². The number of rotatable bonds is 1. The molecule has 1 aromatic carbocycles. The van der Waals surface area contributed by atoms with Crippen LogP contribution < -0.4 is 5.32 Å². The van der Waals surface area contributed by atoms with Crippen molar-refractivity contribution in [3.63, 3.8) is 0 Å². The second-order valence-electron chi connectivity index (χ2n) is 4.81. The van der Waals surface area contributed by atoms with Gasteiger partial charge in [0.05, 0.1) is 0 Å². The van der Waals surface area contributed by atoms with Gasteiger partial charge in [-0.2, -0.15) is 0 Å². The molecule has 1 fully saturated rings. The van der Waals surface area contributed by atoms with Crippen molar-refractivity contribution in [2.75, 3.05) is 5.32 Å². The summed E-state index contributed by atoms with van der Waals surface area (Å²) in [6.07, 6.45) is 4.80. The number of hydrogen-bond donors (Lipinski definition) is 1. The van der Waals surface area contributed by atoms with Crippen LogP contribution in [0.3, 0.4) is 0 Å². The quantitative estimate of drug-likeness (QED) is 0.793. The molecule has 2 aliphatic carbocycles. The highest BCUT2D eigenvalue weighted by Gasteiger charge is 2.50. The fourth-order valence-electron chi connectivity index (χ4n) is 2.76. The van der Waals surface area contributed by atoms with Gasteiger partial charge in [-0.15, -0.1) is 0 Å². The number of nitrogens with one attached hydrogen (secondary N) is 1. The molecule has 0 saturated heterocycles. The van der Waals surface area contributed by atoms with Crippen molar-refractivity contribution in [2.24, 2.45) is 0 Å². The lowest BCUT2D eigenvalue weighted by Crippen LogP contribution is -2.18. The van der Waals surface area contributed by atoms with Crippen LogP contribution in [0.25, 0.3) is 0 Å². The number of aromatic nitrogens is 1. The molecule has 84 valence electrons. The highest BCUT2D eigenvalue weighted by Crippen LogP contribution is 2.66. The smallest absolute Gasteiger partial charge is 0.307 e. The van der Waals surface area contributed by atoms with E-state index in [4.69, 9.17) is 0 Å². The van der Waals surface area contributed by atoms with E-state index in [0.717, 1.165) is 17.5 Å². The fraction of sp³-hybridized carbons (Fsp3) is 0.214. The van der Waals surface area contributed by atoms with Gasteiger partial charge in [0.1, 0.15) is 0 Å². The van der Waals surface area contributed by atoms with E-state index >= 15 is 0 Å². The molecule has 0 aliphatic heterocycles. The molecule has 2 aromatic rings. The summed E-state index contributed by atoms with van der Waals surface area (Å²) in [6, 6.07) is 9.83. The van der Waals surface area contributed by atoms with E-state index in [-0.39, 0.29) is 6.03 Å². The van der Waals surface area contributed by atoms with Crippen LogP contribution in [0.2, 0.25) is 0 Å². The highest BCUT2D eigenvalue weighted by molar-refractivity contribution is 5.91. The largest absolute Gasteiger partial charge is 0.329 e. The molecule has 1 aromatic heterocycles. The van der Waals surface area contributed by atoms with Gasteiger partial charge < -0.3 is 5.32 Å². The predicted octanol–water partition coefficient (Wildman–Crippen LogP) is 3.15. The third-order valence-corrected chi connectivity index (χ3v) is 3.77. The van der Waals surface area contributed by atoms with Crippen molar-refractivity contribution >= 4 is 11.7 Å².